The summed E-state index contributed by atoms with van der Waals surface area (Å²) in [6.07, 6.45) is 10.3. The van der Waals surface area contributed by atoms with Crippen LogP contribution in [-0.2, 0) is 32.6 Å². The van der Waals surface area contributed by atoms with E-state index in [0.717, 1.165) is 42.6 Å². The third-order valence-corrected chi connectivity index (χ3v) is 12.3. The van der Waals surface area contributed by atoms with Gasteiger partial charge in [0.1, 0.15) is 17.2 Å². The topological polar surface area (TPSA) is 124 Å². The molecular weight excluding hydrogens is 668 g/mol. The molecular formula is C43H56N4O6. The summed E-state index contributed by atoms with van der Waals surface area (Å²) in [5, 5.41) is 27.5. The van der Waals surface area contributed by atoms with Gasteiger partial charge in [-0.25, -0.2) is 0 Å². The minimum Gasteiger partial charge on any atom is -0.508 e. The van der Waals surface area contributed by atoms with E-state index in [-0.39, 0.29) is 35.6 Å². The molecule has 10 heteroatoms. The van der Waals surface area contributed by atoms with Crippen LogP contribution in [0.5, 0.6) is 17.2 Å². The van der Waals surface area contributed by atoms with Crippen molar-refractivity contribution < 1.29 is 29.3 Å². The zero-order valence-corrected chi connectivity index (χ0v) is 31.2. The van der Waals surface area contributed by atoms with Crippen LogP contribution in [0.15, 0.2) is 60.7 Å². The molecule has 53 heavy (non-hydrogen) atoms. The number of amides is 2. The molecule has 3 aromatic carbocycles. The Bertz CT molecular complexity index is 1720. The third-order valence-electron chi connectivity index (χ3n) is 12.3. The highest BCUT2D eigenvalue weighted by molar-refractivity contribution is 5.97. The highest BCUT2D eigenvalue weighted by Gasteiger charge is 2.50. The Morgan fingerprint density at radius 3 is 2.51 bits per heavy atom. The summed E-state index contributed by atoms with van der Waals surface area (Å²) >= 11 is 0. The van der Waals surface area contributed by atoms with Crippen molar-refractivity contribution >= 4 is 17.5 Å². The van der Waals surface area contributed by atoms with Crippen LogP contribution in [0.2, 0.25) is 0 Å². The molecule has 2 amide bonds. The number of nitrogens with zero attached hydrogens (tertiary/aromatic N) is 2. The van der Waals surface area contributed by atoms with Gasteiger partial charge in [-0.3, -0.25) is 14.5 Å². The lowest BCUT2D eigenvalue weighted by Crippen LogP contribution is -2.64. The highest BCUT2D eigenvalue weighted by atomic mass is 16.5. The average molecular weight is 725 g/mol. The van der Waals surface area contributed by atoms with E-state index in [4.69, 9.17) is 9.47 Å². The summed E-state index contributed by atoms with van der Waals surface area (Å²) in [4.78, 5) is 30.0. The molecule has 0 spiro atoms. The maximum absolute atomic E-state index is 13.7. The Morgan fingerprint density at radius 2 is 1.75 bits per heavy atom. The van der Waals surface area contributed by atoms with Crippen LogP contribution in [0.4, 0.5) is 5.69 Å². The van der Waals surface area contributed by atoms with Crippen molar-refractivity contribution in [2.45, 2.75) is 88.6 Å². The number of phenolic OH excluding ortho intramolecular Hbond substituents is 2. The summed E-state index contributed by atoms with van der Waals surface area (Å²) in [6.45, 7) is 6.82. The molecule has 0 aromatic heterocycles. The van der Waals surface area contributed by atoms with E-state index >= 15 is 0 Å². The fourth-order valence-corrected chi connectivity index (χ4v) is 8.85. The van der Waals surface area contributed by atoms with Gasteiger partial charge in [0, 0.05) is 49.2 Å². The van der Waals surface area contributed by atoms with E-state index in [1.807, 2.05) is 23.1 Å². The summed E-state index contributed by atoms with van der Waals surface area (Å²) in [6, 6.07) is 20.9. The van der Waals surface area contributed by atoms with Crippen molar-refractivity contribution in [2.75, 3.05) is 57.9 Å². The monoisotopic (exact) mass is 724 g/mol. The molecule has 4 aliphatic rings. The summed E-state index contributed by atoms with van der Waals surface area (Å²) in [5.74, 6) is 1.24. The molecule has 4 N–H and O–H groups in total. The zero-order valence-electron chi connectivity index (χ0n) is 31.2. The molecule has 2 saturated carbocycles. The second-order valence-electron chi connectivity index (χ2n) is 15.6. The van der Waals surface area contributed by atoms with Crippen LogP contribution in [-0.4, -0.2) is 96.5 Å². The lowest BCUT2D eigenvalue weighted by molar-refractivity contribution is -0.135. The maximum Gasteiger partial charge on any atom is 0.262 e. The van der Waals surface area contributed by atoms with Crippen molar-refractivity contribution in [3.63, 3.8) is 0 Å². The first kappa shape index (κ1) is 37.2. The van der Waals surface area contributed by atoms with E-state index in [9.17, 15) is 19.8 Å². The van der Waals surface area contributed by atoms with Gasteiger partial charge in [0.2, 0.25) is 5.91 Å². The van der Waals surface area contributed by atoms with Crippen LogP contribution < -0.4 is 15.4 Å². The number of likely N-dealkylation sites (tertiary alicyclic amines) is 1. The predicted octanol–water partition coefficient (Wildman–Crippen LogP) is 5.77. The van der Waals surface area contributed by atoms with Crippen LogP contribution in [0.25, 0.3) is 0 Å². The molecule has 0 unspecified atom stereocenters. The van der Waals surface area contributed by atoms with Gasteiger partial charge in [-0.1, -0.05) is 67.8 Å². The number of hydrogen-bond donors (Lipinski definition) is 4. The second-order valence-corrected chi connectivity index (χ2v) is 15.6. The summed E-state index contributed by atoms with van der Waals surface area (Å²) in [5.41, 5.74) is 4.42. The molecule has 0 bridgehead atoms. The average Bonchev–Trinajstić information content (AvgIpc) is 3.67. The fourth-order valence-electron chi connectivity index (χ4n) is 8.85. The predicted molar refractivity (Wildman–Crippen MR) is 206 cm³/mol. The fraction of sp³-hybridized carbons (Fsp3) is 0.535. The normalized spacial score (nSPS) is 19.1. The Balaban J connectivity index is 0.899. The smallest absolute Gasteiger partial charge is 0.262 e. The Kier molecular flexibility index (Phi) is 11.9. The van der Waals surface area contributed by atoms with Gasteiger partial charge in [-0.2, -0.15) is 0 Å². The number of hydrogen-bond acceptors (Lipinski definition) is 8. The van der Waals surface area contributed by atoms with Crippen molar-refractivity contribution in [3.05, 3.63) is 82.9 Å². The molecule has 0 radical (unpaired) electrons. The number of carbonyl (C=O) groups excluding carboxylic acids is 2. The molecule has 2 aliphatic heterocycles. The van der Waals surface area contributed by atoms with E-state index in [1.54, 1.807) is 6.07 Å². The number of carbonyl (C=O) groups is 2. The SMILES string of the molecule is C[C@H](C1CCCC1)N(CCNCCc1ccc(O)c2c1OCC(=O)N2)C(=O)CCOCCc1ccc(O)c(C2(c3ccccc3)CN(C3CCC3)C2)c1. The number of ether oxygens (including phenoxy) is 2. The van der Waals surface area contributed by atoms with Gasteiger partial charge < -0.3 is 35.2 Å². The number of rotatable bonds is 17. The Hall–Kier alpha value is -4.12. The summed E-state index contributed by atoms with van der Waals surface area (Å²) in [7, 11) is 0. The van der Waals surface area contributed by atoms with Crippen molar-refractivity contribution in [1.29, 1.82) is 0 Å². The first-order valence-corrected chi connectivity index (χ1v) is 19.8. The highest BCUT2D eigenvalue weighted by Crippen LogP contribution is 2.47. The van der Waals surface area contributed by atoms with Crippen molar-refractivity contribution in [2.24, 2.45) is 5.92 Å². The molecule has 7 rings (SSSR count). The number of fused-ring (bicyclic) bond motifs is 1. The molecule has 10 nitrogen and oxygen atoms in total. The standard InChI is InChI=1S/C43H56N4O6/c1-30(32-8-5-6-9-32)47(23-22-44-21-18-33-15-17-38(49)41-42(33)53-27-39(50)45-41)40(51)20-25-52-24-19-31-14-16-37(48)36(26-31)43(34-10-3-2-4-11-34)28-46(29-43)35-12-7-13-35/h2-4,10-11,14-17,26,30,32,35,44,48-49H,5-9,12-13,18-25,27-29H2,1H3,(H,45,50)/t30-/m1/s1. The number of phenols is 2. The van der Waals surface area contributed by atoms with Gasteiger partial charge in [0.15, 0.2) is 12.4 Å². The Morgan fingerprint density at radius 1 is 0.981 bits per heavy atom. The largest absolute Gasteiger partial charge is 0.508 e. The molecule has 1 atom stereocenters. The van der Waals surface area contributed by atoms with Gasteiger partial charge in [0.25, 0.3) is 5.91 Å². The quantitative estimate of drug-likeness (QED) is 0.102. The maximum atomic E-state index is 13.7. The second kappa shape index (κ2) is 16.9. The minimum atomic E-state index is -0.280. The first-order chi connectivity index (χ1) is 25.8. The van der Waals surface area contributed by atoms with Gasteiger partial charge >= 0.3 is 0 Å². The lowest BCUT2D eigenvalue weighted by atomic mass is 9.66. The molecule has 1 saturated heterocycles. The van der Waals surface area contributed by atoms with Crippen molar-refractivity contribution in [1.82, 2.24) is 15.1 Å². The number of nitrogens with one attached hydrogen (secondary N) is 2. The van der Waals surface area contributed by atoms with Crippen LogP contribution in [0, 0.1) is 5.92 Å². The van der Waals surface area contributed by atoms with Crippen LogP contribution in [0.3, 0.4) is 0 Å². The van der Waals surface area contributed by atoms with Crippen LogP contribution in [0.1, 0.15) is 80.5 Å². The van der Waals surface area contributed by atoms with Crippen LogP contribution >= 0.6 is 0 Å². The van der Waals surface area contributed by atoms with Gasteiger partial charge in [-0.05, 0) is 86.7 Å². The number of aromatic hydroxyl groups is 2. The van der Waals surface area contributed by atoms with E-state index in [2.05, 4.69) is 58.9 Å². The van der Waals surface area contributed by atoms with E-state index < -0.39 is 0 Å². The third kappa shape index (κ3) is 8.35. The zero-order chi connectivity index (χ0) is 36.8. The van der Waals surface area contributed by atoms with Gasteiger partial charge in [-0.15, -0.1) is 0 Å². The van der Waals surface area contributed by atoms with E-state index in [0.29, 0.717) is 81.3 Å². The minimum absolute atomic E-state index is 0.00513. The molecule has 284 valence electrons. The lowest BCUT2D eigenvalue weighted by Gasteiger charge is -2.56. The van der Waals surface area contributed by atoms with Gasteiger partial charge in [0.05, 0.1) is 19.6 Å². The van der Waals surface area contributed by atoms with E-state index in [1.165, 1.54) is 37.7 Å². The van der Waals surface area contributed by atoms with Crippen molar-refractivity contribution in [3.8, 4) is 17.2 Å². The molecule has 2 heterocycles. The molecule has 2 aliphatic carbocycles. The Labute approximate surface area is 313 Å². The first-order valence-electron chi connectivity index (χ1n) is 19.8. The molecule has 3 fully saturated rings. The number of anilines is 1. The summed E-state index contributed by atoms with van der Waals surface area (Å²) < 4.78 is 11.7. The molecule has 3 aromatic rings. The number of benzene rings is 3.